The van der Waals surface area contributed by atoms with E-state index in [4.69, 9.17) is 0 Å². The summed E-state index contributed by atoms with van der Waals surface area (Å²) in [4.78, 5) is 11.8. The molecule has 1 N–H and O–H groups in total. The molecule has 0 radical (unpaired) electrons. The first-order valence-corrected chi connectivity index (χ1v) is 5.75. The summed E-state index contributed by atoms with van der Waals surface area (Å²) in [5.41, 5.74) is 2.68. The predicted molar refractivity (Wildman–Crippen MR) is 68.7 cm³/mol. The summed E-state index contributed by atoms with van der Waals surface area (Å²) in [6.07, 6.45) is 0. The second-order valence-electron chi connectivity index (χ2n) is 4.12. The van der Waals surface area contributed by atoms with Gasteiger partial charge in [-0.15, -0.1) is 0 Å². The first-order valence-electron chi connectivity index (χ1n) is 5.75. The van der Waals surface area contributed by atoms with Crippen LogP contribution in [0, 0.1) is 12.7 Å². The summed E-state index contributed by atoms with van der Waals surface area (Å²) in [7, 11) is 0. The van der Waals surface area contributed by atoms with E-state index in [-0.39, 0.29) is 11.7 Å². The van der Waals surface area contributed by atoms with Crippen LogP contribution < -0.4 is 5.32 Å². The minimum atomic E-state index is -0.342. The van der Waals surface area contributed by atoms with E-state index in [1.165, 1.54) is 24.3 Å². The highest BCUT2D eigenvalue weighted by atomic mass is 19.1. The molecule has 0 saturated heterocycles. The van der Waals surface area contributed by atoms with E-state index in [1.54, 1.807) is 0 Å². The van der Waals surface area contributed by atoms with E-state index >= 15 is 0 Å². The van der Waals surface area contributed by atoms with Gasteiger partial charge in [0, 0.05) is 12.1 Å². The van der Waals surface area contributed by atoms with Gasteiger partial charge < -0.3 is 5.32 Å². The number of halogens is 1. The second kappa shape index (κ2) is 5.45. The molecular formula is C15H14FNO. The topological polar surface area (TPSA) is 29.1 Å². The number of carbonyl (C=O) groups excluding carboxylic acids is 1. The molecule has 0 aliphatic carbocycles. The normalized spacial score (nSPS) is 10.1. The van der Waals surface area contributed by atoms with Gasteiger partial charge in [0.05, 0.1) is 0 Å². The Morgan fingerprint density at radius 3 is 2.44 bits per heavy atom. The van der Waals surface area contributed by atoms with Crippen LogP contribution in [0.5, 0.6) is 0 Å². The summed E-state index contributed by atoms with van der Waals surface area (Å²) in [6, 6.07) is 13.4. The molecule has 3 heteroatoms. The van der Waals surface area contributed by atoms with Crippen molar-refractivity contribution in [1.29, 1.82) is 0 Å². The highest BCUT2D eigenvalue weighted by molar-refractivity contribution is 5.94. The Labute approximate surface area is 105 Å². The average molecular weight is 243 g/mol. The zero-order valence-corrected chi connectivity index (χ0v) is 10.1. The third-order valence-electron chi connectivity index (χ3n) is 2.81. The summed E-state index contributed by atoms with van der Waals surface area (Å²) in [6.45, 7) is 2.47. The maximum Gasteiger partial charge on any atom is 0.251 e. The lowest BCUT2D eigenvalue weighted by Gasteiger charge is -2.07. The number of amides is 1. The van der Waals surface area contributed by atoms with Crippen LogP contribution in [0.15, 0.2) is 48.5 Å². The van der Waals surface area contributed by atoms with Crippen LogP contribution in [-0.4, -0.2) is 5.91 Å². The first kappa shape index (κ1) is 12.3. The van der Waals surface area contributed by atoms with Gasteiger partial charge in [0.25, 0.3) is 5.91 Å². The van der Waals surface area contributed by atoms with Crippen LogP contribution in [0.1, 0.15) is 21.5 Å². The van der Waals surface area contributed by atoms with Crippen molar-refractivity contribution < 1.29 is 9.18 Å². The highest BCUT2D eigenvalue weighted by Gasteiger charge is 2.05. The molecule has 0 aromatic heterocycles. The van der Waals surface area contributed by atoms with Crippen LogP contribution in [0.3, 0.4) is 0 Å². The number of benzene rings is 2. The number of carbonyl (C=O) groups is 1. The zero-order valence-electron chi connectivity index (χ0n) is 10.1. The molecule has 0 aliphatic rings. The van der Waals surface area contributed by atoms with Crippen LogP contribution in [0.2, 0.25) is 0 Å². The van der Waals surface area contributed by atoms with Gasteiger partial charge in [-0.2, -0.15) is 0 Å². The summed E-state index contributed by atoms with van der Waals surface area (Å²) >= 11 is 0. The molecule has 2 nitrogen and oxygen atoms in total. The van der Waals surface area contributed by atoms with Gasteiger partial charge >= 0.3 is 0 Å². The molecule has 0 fully saturated rings. The maximum absolute atomic E-state index is 12.7. The van der Waals surface area contributed by atoms with Gasteiger partial charge in [-0.05, 0) is 42.3 Å². The third-order valence-corrected chi connectivity index (χ3v) is 2.81. The van der Waals surface area contributed by atoms with Gasteiger partial charge in [-0.1, -0.05) is 24.3 Å². The molecule has 0 atom stereocenters. The molecule has 0 aliphatic heterocycles. The standard InChI is InChI=1S/C15H14FNO/c1-11-4-2-3-5-13(11)10-17-15(18)12-6-8-14(16)9-7-12/h2-9H,10H2,1H3,(H,17,18). The second-order valence-corrected chi connectivity index (χ2v) is 4.12. The fourth-order valence-corrected chi connectivity index (χ4v) is 1.69. The van der Waals surface area contributed by atoms with Crippen LogP contribution in [0.4, 0.5) is 4.39 Å². The number of nitrogens with one attached hydrogen (secondary N) is 1. The molecule has 92 valence electrons. The molecule has 2 rings (SSSR count). The van der Waals surface area contributed by atoms with Crippen molar-refractivity contribution in [3.63, 3.8) is 0 Å². The Balaban J connectivity index is 2.01. The van der Waals surface area contributed by atoms with E-state index < -0.39 is 0 Å². The highest BCUT2D eigenvalue weighted by Crippen LogP contribution is 2.07. The van der Waals surface area contributed by atoms with Crippen molar-refractivity contribution in [2.75, 3.05) is 0 Å². The Morgan fingerprint density at radius 1 is 1.11 bits per heavy atom. The van der Waals surface area contributed by atoms with Crippen LogP contribution >= 0.6 is 0 Å². The van der Waals surface area contributed by atoms with Crippen molar-refractivity contribution in [2.24, 2.45) is 0 Å². The minimum Gasteiger partial charge on any atom is -0.348 e. The van der Waals surface area contributed by atoms with Gasteiger partial charge in [-0.25, -0.2) is 4.39 Å². The maximum atomic E-state index is 12.7. The fraction of sp³-hybridized carbons (Fsp3) is 0.133. The molecule has 2 aromatic rings. The number of hydrogen-bond acceptors (Lipinski definition) is 1. The summed E-state index contributed by atoms with van der Waals surface area (Å²) in [5, 5.41) is 2.81. The largest absolute Gasteiger partial charge is 0.348 e. The zero-order chi connectivity index (χ0) is 13.0. The molecule has 1 amide bonds. The molecule has 0 saturated carbocycles. The average Bonchev–Trinajstić information content (AvgIpc) is 2.38. The Hall–Kier alpha value is -2.16. The van der Waals surface area contributed by atoms with Crippen LogP contribution in [-0.2, 0) is 6.54 Å². The number of hydrogen-bond donors (Lipinski definition) is 1. The lowest BCUT2D eigenvalue weighted by molar-refractivity contribution is 0.0951. The summed E-state index contributed by atoms with van der Waals surface area (Å²) < 4.78 is 12.7. The fourth-order valence-electron chi connectivity index (χ4n) is 1.69. The quantitative estimate of drug-likeness (QED) is 0.882. The lowest BCUT2D eigenvalue weighted by atomic mass is 10.1. The lowest BCUT2D eigenvalue weighted by Crippen LogP contribution is -2.23. The van der Waals surface area contributed by atoms with E-state index in [0.29, 0.717) is 12.1 Å². The molecular weight excluding hydrogens is 229 g/mol. The third kappa shape index (κ3) is 2.94. The van der Waals surface area contributed by atoms with Gasteiger partial charge in [0.15, 0.2) is 0 Å². The minimum absolute atomic E-state index is 0.196. The number of aryl methyl sites for hydroxylation is 1. The van der Waals surface area contributed by atoms with Gasteiger partial charge in [0.1, 0.15) is 5.82 Å². The molecule has 0 spiro atoms. The first-order chi connectivity index (χ1) is 8.66. The monoisotopic (exact) mass is 243 g/mol. The Kier molecular flexibility index (Phi) is 3.72. The van der Waals surface area contributed by atoms with Crippen molar-refractivity contribution in [2.45, 2.75) is 13.5 Å². The number of rotatable bonds is 3. The molecule has 2 aromatic carbocycles. The SMILES string of the molecule is Cc1ccccc1CNC(=O)c1ccc(F)cc1. The Bertz CT molecular complexity index is 549. The van der Waals surface area contributed by atoms with E-state index in [9.17, 15) is 9.18 Å². The van der Waals surface area contributed by atoms with E-state index in [1.807, 2.05) is 31.2 Å². The predicted octanol–water partition coefficient (Wildman–Crippen LogP) is 3.06. The summed E-state index contributed by atoms with van der Waals surface area (Å²) in [5.74, 6) is -0.538. The molecule has 0 unspecified atom stereocenters. The molecule has 0 bridgehead atoms. The van der Waals surface area contributed by atoms with Crippen molar-refractivity contribution in [1.82, 2.24) is 5.32 Å². The van der Waals surface area contributed by atoms with E-state index in [2.05, 4.69) is 5.32 Å². The van der Waals surface area contributed by atoms with Gasteiger partial charge in [0.2, 0.25) is 0 Å². The van der Waals surface area contributed by atoms with E-state index in [0.717, 1.165) is 11.1 Å². The molecule has 0 heterocycles. The van der Waals surface area contributed by atoms with Gasteiger partial charge in [-0.3, -0.25) is 4.79 Å². The van der Waals surface area contributed by atoms with Crippen molar-refractivity contribution in [3.8, 4) is 0 Å². The van der Waals surface area contributed by atoms with Crippen LogP contribution in [0.25, 0.3) is 0 Å². The van der Waals surface area contributed by atoms with Crippen molar-refractivity contribution in [3.05, 3.63) is 71.0 Å². The smallest absolute Gasteiger partial charge is 0.251 e. The molecule has 18 heavy (non-hydrogen) atoms. The van der Waals surface area contributed by atoms with Crippen molar-refractivity contribution >= 4 is 5.91 Å². The Morgan fingerprint density at radius 2 is 1.78 bits per heavy atom.